The van der Waals surface area contributed by atoms with Crippen LogP contribution in [0.5, 0.6) is 5.75 Å². The molecule has 0 radical (unpaired) electrons. The quantitative estimate of drug-likeness (QED) is 0.190. The van der Waals surface area contributed by atoms with Crippen LogP contribution in [0.2, 0.25) is 0 Å². The summed E-state index contributed by atoms with van der Waals surface area (Å²) in [5, 5.41) is 28.9. The molecule has 0 spiro atoms. The molecule has 0 amide bonds. The molecule has 3 heterocycles. The maximum absolute atomic E-state index is 14.1. The minimum atomic E-state index is -4.25. The zero-order valence-electron chi connectivity index (χ0n) is 23.0. The SMILES string of the molecule is CC[C@H](NP(=O)(OC[C@@]1(C)O[C@@H](c2ccc3c(N)ncnn23)[C@H](O)[C@@H]1O)Oc1ccccc1)C(=O)OC1CCCC1. The molecule has 1 unspecified atom stereocenters. The van der Waals surface area contributed by atoms with Crippen LogP contribution in [0.25, 0.3) is 5.52 Å². The van der Waals surface area contributed by atoms with E-state index in [4.69, 9.17) is 24.3 Å². The van der Waals surface area contributed by atoms with Crippen LogP contribution in [0.4, 0.5) is 5.82 Å². The molecule has 1 aliphatic heterocycles. The fourth-order valence-electron chi connectivity index (χ4n) is 5.18. The first-order valence-electron chi connectivity index (χ1n) is 13.7. The van der Waals surface area contributed by atoms with Crippen LogP contribution in [0.3, 0.4) is 0 Å². The first kappa shape index (κ1) is 29.4. The summed E-state index contributed by atoms with van der Waals surface area (Å²) >= 11 is 0. The normalized spacial score (nSPS) is 27.1. The average molecular weight is 590 g/mol. The van der Waals surface area contributed by atoms with Gasteiger partial charge >= 0.3 is 13.7 Å². The second-order valence-electron chi connectivity index (χ2n) is 10.6. The van der Waals surface area contributed by atoms with E-state index in [0.29, 0.717) is 11.2 Å². The van der Waals surface area contributed by atoms with Crippen LogP contribution in [-0.4, -0.2) is 67.3 Å². The summed E-state index contributed by atoms with van der Waals surface area (Å²) in [6.07, 6.45) is 1.13. The molecule has 0 bridgehead atoms. The van der Waals surface area contributed by atoms with Gasteiger partial charge in [0.05, 0.1) is 12.3 Å². The fraction of sp³-hybridized carbons (Fsp3) is 0.519. The number of carbonyl (C=O) groups is 1. The maximum Gasteiger partial charge on any atom is 0.459 e. The predicted octanol–water partition coefficient (Wildman–Crippen LogP) is 2.92. The first-order chi connectivity index (χ1) is 19.6. The van der Waals surface area contributed by atoms with Gasteiger partial charge in [-0.15, -0.1) is 0 Å². The van der Waals surface area contributed by atoms with Crippen molar-refractivity contribution >= 4 is 25.1 Å². The van der Waals surface area contributed by atoms with Crippen LogP contribution < -0.4 is 15.3 Å². The molecule has 2 aromatic heterocycles. The van der Waals surface area contributed by atoms with Crippen molar-refractivity contribution < 1.29 is 38.1 Å². The highest BCUT2D eigenvalue weighted by atomic mass is 31.2. The smallest absolute Gasteiger partial charge is 0.459 e. The van der Waals surface area contributed by atoms with Gasteiger partial charge in [0.25, 0.3) is 0 Å². The van der Waals surface area contributed by atoms with E-state index in [1.165, 1.54) is 17.8 Å². The molecule has 1 aliphatic carbocycles. The van der Waals surface area contributed by atoms with Gasteiger partial charge in [-0.05, 0) is 63.3 Å². The van der Waals surface area contributed by atoms with Gasteiger partial charge in [0.2, 0.25) is 0 Å². The Morgan fingerprint density at radius 2 is 1.98 bits per heavy atom. The van der Waals surface area contributed by atoms with Crippen molar-refractivity contribution in [2.75, 3.05) is 12.3 Å². The van der Waals surface area contributed by atoms with Crippen molar-refractivity contribution in [1.29, 1.82) is 0 Å². The number of nitrogen functional groups attached to an aromatic ring is 1. The number of aliphatic hydroxyl groups excluding tert-OH is 2. The van der Waals surface area contributed by atoms with Gasteiger partial charge in [0.1, 0.15) is 53.7 Å². The van der Waals surface area contributed by atoms with E-state index >= 15 is 0 Å². The minimum absolute atomic E-state index is 0.168. The molecule has 222 valence electrons. The van der Waals surface area contributed by atoms with Crippen molar-refractivity contribution in [3.63, 3.8) is 0 Å². The summed E-state index contributed by atoms with van der Waals surface area (Å²) in [5.41, 5.74) is 5.36. The summed E-state index contributed by atoms with van der Waals surface area (Å²) in [7, 11) is -4.25. The molecule has 3 aromatic rings. The highest BCUT2D eigenvalue weighted by Crippen LogP contribution is 2.48. The standard InChI is InChI=1S/C27H36N5O8P/c1-3-19(26(35)38-17-9-7-8-10-17)31-41(36,40-18-11-5-4-6-12-18)37-15-27(2)24(34)22(33)23(39-27)20-13-14-21-25(28)29-16-30-32(20)21/h4-6,11-14,16-17,19,22-24,33-34H,3,7-10,15H2,1-2H3,(H,31,36)(H2,28,29,30)/t19-,22-,23-,24-,27+,41?/m0/s1. The Kier molecular flexibility index (Phi) is 8.65. The van der Waals surface area contributed by atoms with Crippen molar-refractivity contribution in [3.8, 4) is 5.75 Å². The van der Waals surface area contributed by atoms with E-state index in [2.05, 4.69) is 15.2 Å². The lowest BCUT2D eigenvalue weighted by Gasteiger charge is -2.30. The Morgan fingerprint density at radius 3 is 2.68 bits per heavy atom. The predicted molar refractivity (Wildman–Crippen MR) is 148 cm³/mol. The monoisotopic (exact) mass is 589 g/mol. The van der Waals surface area contributed by atoms with Crippen LogP contribution in [-0.2, 0) is 23.4 Å². The number of nitrogens with zero attached hydrogens (tertiary/aromatic N) is 3. The summed E-state index contributed by atoms with van der Waals surface area (Å²) < 4.78 is 39.0. The first-order valence-corrected chi connectivity index (χ1v) is 15.3. The lowest BCUT2D eigenvalue weighted by Crippen LogP contribution is -2.45. The molecule has 1 saturated carbocycles. The Morgan fingerprint density at radius 1 is 1.24 bits per heavy atom. The van der Waals surface area contributed by atoms with Crippen molar-refractivity contribution in [1.82, 2.24) is 19.7 Å². The summed E-state index contributed by atoms with van der Waals surface area (Å²) in [6.45, 7) is 2.83. The number of fused-ring (bicyclic) bond motifs is 1. The third-order valence-electron chi connectivity index (χ3n) is 7.54. The maximum atomic E-state index is 14.1. The van der Waals surface area contributed by atoms with Gasteiger partial charge < -0.3 is 29.9 Å². The van der Waals surface area contributed by atoms with Gasteiger partial charge in [0, 0.05) is 0 Å². The lowest BCUT2D eigenvalue weighted by atomic mass is 9.97. The lowest BCUT2D eigenvalue weighted by molar-refractivity contribution is -0.151. The number of para-hydroxylation sites is 1. The number of ether oxygens (including phenoxy) is 2. The number of hydrogen-bond donors (Lipinski definition) is 4. The van der Waals surface area contributed by atoms with E-state index in [1.807, 2.05) is 0 Å². The Hall–Kier alpha value is -3.06. The number of hydrogen-bond acceptors (Lipinski definition) is 11. The second-order valence-corrected chi connectivity index (χ2v) is 12.3. The van der Waals surface area contributed by atoms with Gasteiger partial charge in [-0.25, -0.2) is 14.1 Å². The molecule has 5 rings (SSSR count). The summed E-state index contributed by atoms with van der Waals surface area (Å²) in [4.78, 5) is 16.9. The molecule has 2 fully saturated rings. The van der Waals surface area contributed by atoms with Gasteiger partial charge in [-0.3, -0.25) is 9.32 Å². The van der Waals surface area contributed by atoms with Crippen molar-refractivity contribution in [2.45, 2.75) is 82.0 Å². The average Bonchev–Trinajstić information content (AvgIpc) is 3.68. The fourth-order valence-corrected chi connectivity index (χ4v) is 6.85. The van der Waals surface area contributed by atoms with Crippen LogP contribution in [0, 0.1) is 0 Å². The van der Waals surface area contributed by atoms with Gasteiger partial charge in [-0.1, -0.05) is 25.1 Å². The van der Waals surface area contributed by atoms with Gasteiger partial charge in [-0.2, -0.15) is 10.2 Å². The number of carbonyl (C=O) groups excluding carboxylic acids is 1. The van der Waals surface area contributed by atoms with E-state index in [-0.39, 0.29) is 24.1 Å². The Balaban J connectivity index is 1.35. The molecule has 14 heteroatoms. The van der Waals surface area contributed by atoms with Crippen LogP contribution in [0.1, 0.15) is 57.7 Å². The third-order valence-corrected chi connectivity index (χ3v) is 9.09. The highest BCUT2D eigenvalue weighted by Gasteiger charge is 2.54. The molecule has 5 N–H and O–H groups in total. The minimum Gasteiger partial charge on any atom is -0.461 e. The van der Waals surface area contributed by atoms with Crippen molar-refractivity contribution in [2.24, 2.45) is 0 Å². The van der Waals surface area contributed by atoms with Crippen molar-refractivity contribution in [3.05, 3.63) is 54.5 Å². The topological polar surface area (TPSA) is 180 Å². The molecule has 13 nitrogen and oxygen atoms in total. The molecule has 2 aliphatic rings. The summed E-state index contributed by atoms with van der Waals surface area (Å²) in [5.74, 6) is -0.0530. The number of esters is 1. The number of aromatic nitrogens is 3. The Labute approximate surface area is 237 Å². The van der Waals surface area contributed by atoms with E-state index in [9.17, 15) is 19.6 Å². The van der Waals surface area contributed by atoms with Gasteiger partial charge in [0.15, 0.2) is 5.82 Å². The zero-order valence-corrected chi connectivity index (χ0v) is 23.9. The van der Waals surface area contributed by atoms with Crippen LogP contribution in [0.15, 0.2) is 48.8 Å². The van der Waals surface area contributed by atoms with E-state index in [1.54, 1.807) is 49.4 Å². The number of aliphatic hydroxyl groups is 2. The largest absolute Gasteiger partial charge is 0.461 e. The second kappa shape index (κ2) is 12.0. The highest BCUT2D eigenvalue weighted by molar-refractivity contribution is 7.52. The number of rotatable bonds is 11. The van der Waals surface area contributed by atoms with E-state index < -0.39 is 50.3 Å². The molecule has 41 heavy (non-hydrogen) atoms. The molecule has 1 saturated heterocycles. The molecular formula is C27H36N5O8P. The molecular weight excluding hydrogens is 553 g/mol. The zero-order chi connectivity index (χ0) is 29.2. The van der Waals surface area contributed by atoms with Crippen LogP contribution >= 0.6 is 7.75 Å². The molecule has 6 atom stereocenters. The van der Waals surface area contributed by atoms with E-state index in [0.717, 1.165) is 25.7 Å². The summed E-state index contributed by atoms with van der Waals surface area (Å²) in [6, 6.07) is 10.8. The Bertz CT molecular complexity index is 1400. The molecule has 1 aromatic carbocycles. The number of benzene rings is 1. The number of nitrogens with two attached hydrogens (primary N) is 1. The number of anilines is 1. The third kappa shape index (κ3) is 6.25. The number of nitrogens with one attached hydrogen (secondary N) is 1.